The molecule has 2 aromatic rings. The molecule has 0 aliphatic rings. The lowest BCUT2D eigenvalue weighted by molar-refractivity contribution is 0.102. The highest BCUT2D eigenvalue weighted by atomic mass is 35.5. The van der Waals surface area contributed by atoms with E-state index >= 15 is 0 Å². The van der Waals surface area contributed by atoms with Crippen LogP contribution >= 0.6 is 11.6 Å². The summed E-state index contributed by atoms with van der Waals surface area (Å²) >= 11 is 5.88. The molecule has 1 amide bonds. The summed E-state index contributed by atoms with van der Waals surface area (Å²) in [6.45, 7) is 0. The molecule has 92 valence electrons. The highest BCUT2D eigenvalue weighted by Gasteiger charge is 2.13. The Hall–Kier alpha value is -2.34. The first kappa shape index (κ1) is 12.1. The second-order valence-electron chi connectivity index (χ2n) is 3.36. The fraction of sp³-hybridized carbons (Fsp3) is 0. The van der Waals surface area contributed by atoms with Crippen molar-refractivity contribution in [1.29, 1.82) is 0 Å². The average molecular weight is 266 g/mol. The predicted octanol–water partition coefficient (Wildman–Crippen LogP) is 2.31. The van der Waals surface area contributed by atoms with Gasteiger partial charge < -0.3 is 10.4 Å². The maximum atomic E-state index is 11.8. The Kier molecular flexibility index (Phi) is 3.29. The van der Waals surface area contributed by atoms with Crippen molar-refractivity contribution in [2.24, 2.45) is 0 Å². The molecule has 0 unspecified atom stereocenters. The number of para-hydroxylation sites is 1. The molecular formula is C11H8ClN3O3. The van der Waals surface area contributed by atoms with Gasteiger partial charge in [-0.15, -0.1) is 0 Å². The third-order valence-corrected chi connectivity index (χ3v) is 2.47. The van der Waals surface area contributed by atoms with Crippen molar-refractivity contribution in [2.45, 2.75) is 0 Å². The zero-order chi connectivity index (χ0) is 13.1. The number of amides is 1. The van der Waals surface area contributed by atoms with Crippen molar-refractivity contribution in [3.63, 3.8) is 0 Å². The van der Waals surface area contributed by atoms with Crippen molar-refractivity contribution in [3.8, 4) is 0 Å². The molecule has 0 atom stereocenters. The van der Waals surface area contributed by atoms with E-state index in [-0.39, 0.29) is 5.69 Å². The van der Waals surface area contributed by atoms with E-state index in [1.807, 2.05) is 0 Å². The van der Waals surface area contributed by atoms with Gasteiger partial charge in [0.25, 0.3) is 5.91 Å². The summed E-state index contributed by atoms with van der Waals surface area (Å²) in [5.74, 6) is -0.525. The van der Waals surface area contributed by atoms with Crippen LogP contribution in [0, 0.1) is 0 Å². The van der Waals surface area contributed by atoms with Crippen LogP contribution in [0.3, 0.4) is 0 Å². The molecule has 0 fully saturated rings. The van der Waals surface area contributed by atoms with E-state index in [1.165, 1.54) is 12.3 Å². The van der Waals surface area contributed by atoms with Crippen LogP contribution in [-0.2, 0) is 0 Å². The molecule has 1 aromatic carbocycles. The number of carbonyl (C=O) groups excluding carboxylic acids is 1. The highest BCUT2D eigenvalue weighted by Crippen LogP contribution is 2.20. The van der Waals surface area contributed by atoms with Crippen LogP contribution in [0.25, 0.3) is 0 Å². The number of anilines is 1. The van der Waals surface area contributed by atoms with E-state index in [9.17, 15) is 9.59 Å². The molecule has 1 aromatic heterocycles. The van der Waals surface area contributed by atoms with Gasteiger partial charge in [-0.05, 0) is 18.2 Å². The van der Waals surface area contributed by atoms with Crippen molar-refractivity contribution < 1.29 is 14.7 Å². The first-order valence-electron chi connectivity index (χ1n) is 4.93. The molecule has 0 saturated heterocycles. The third kappa shape index (κ3) is 2.49. The molecule has 0 spiro atoms. The van der Waals surface area contributed by atoms with E-state index in [0.717, 1.165) is 0 Å². The molecule has 0 bridgehead atoms. The van der Waals surface area contributed by atoms with Gasteiger partial charge in [0.15, 0.2) is 5.69 Å². The second-order valence-corrected chi connectivity index (χ2v) is 3.77. The molecule has 0 aliphatic carbocycles. The molecule has 6 nitrogen and oxygen atoms in total. The van der Waals surface area contributed by atoms with Crippen LogP contribution in [0.2, 0.25) is 5.02 Å². The minimum atomic E-state index is -1.26. The number of benzene rings is 1. The van der Waals surface area contributed by atoms with Gasteiger partial charge in [-0.3, -0.25) is 4.79 Å². The number of rotatable bonds is 2. The van der Waals surface area contributed by atoms with E-state index in [1.54, 1.807) is 24.3 Å². The fourth-order valence-corrected chi connectivity index (χ4v) is 1.48. The molecule has 2 N–H and O–H groups in total. The summed E-state index contributed by atoms with van der Waals surface area (Å²) in [6.07, 6.45) is -0.0732. The SMILES string of the molecule is O=C(Nc1ccccc1Cl)c1ccn(C(=O)O)n1. The molecule has 0 aliphatic heterocycles. The Morgan fingerprint density at radius 1 is 1.28 bits per heavy atom. The summed E-state index contributed by atoms with van der Waals surface area (Å²) in [6, 6.07) is 8.02. The normalized spacial score (nSPS) is 10.1. The Bertz CT molecular complexity index is 609. The van der Waals surface area contributed by atoms with Gasteiger partial charge in [-0.1, -0.05) is 23.7 Å². The largest absolute Gasteiger partial charge is 0.463 e. The molecule has 7 heteroatoms. The number of nitrogens with one attached hydrogen (secondary N) is 1. The summed E-state index contributed by atoms with van der Waals surface area (Å²) < 4.78 is 0.654. The van der Waals surface area contributed by atoms with Gasteiger partial charge in [-0.25, -0.2) is 4.79 Å². The first-order chi connectivity index (χ1) is 8.58. The van der Waals surface area contributed by atoms with Crippen molar-refractivity contribution in [2.75, 3.05) is 5.32 Å². The standard InChI is InChI=1S/C11H8ClN3O3/c12-7-3-1-2-4-8(7)13-10(16)9-5-6-15(14-9)11(17)18/h1-6H,(H,13,16)(H,17,18). The summed E-state index contributed by atoms with van der Waals surface area (Å²) in [5, 5.41) is 15.2. The van der Waals surface area contributed by atoms with Crippen LogP contribution in [-0.4, -0.2) is 26.9 Å². The molecule has 0 radical (unpaired) electrons. The predicted molar refractivity (Wildman–Crippen MR) is 65.1 cm³/mol. The third-order valence-electron chi connectivity index (χ3n) is 2.14. The topological polar surface area (TPSA) is 84.2 Å². The number of carbonyl (C=O) groups is 2. The Morgan fingerprint density at radius 2 is 2.00 bits per heavy atom. The molecule has 18 heavy (non-hydrogen) atoms. The van der Waals surface area contributed by atoms with Crippen molar-refractivity contribution in [1.82, 2.24) is 9.78 Å². The minimum Gasteiger partial charge on any atom is -0.463 e. The smallest absolute Gasteiger partial charge is 0.432 e. The van der Waals surface area contributed by atoms with E-state index < -0.39 is 12.0 Å². The number of nitrogens with zero attached hydrogens (tertiary/aromatic N) is 2. The van der Waals surface area contributed by atoms with E-state index in [0.29, 0.717) is 15.4 Å². The molecule has 0 saturated carbocycles. The number of carboxylic acid groups (broad SMARTS) is 1. The Morgan fingerprint density at radius 3 is 2.61 bits per heavy atom. The summed E-state index contributed by atoms with van der Waals surface area (Å²) in [4.78, 5) is 22.4. The number of hydrogen-bond donors (Lipinski definition) is 2. The minimum absolute atomic E-state index is 0.00248. The zero-order valence-electron chi connectivity index (χ0n) is 9.00. The number of halogens is 1. The van der Waals surface area contributed by atoms with Crippen LogP contribution < -0.4 is 5.32 Å². The summed E-state index contributed by atoms with van der Waals surface area (Å²) in [5.41, 5.74) is 0.436. The van der Waals surface area contributed by atoms with Gasteiger partial charge in [0.2, 0.25) is 0 Å². The molecule has 1 heterocycles. The second kappa shape index (κ2) is 4.89. The maximum Gasteiger partial charge on any atom is 0.432 e. The van der Waals surface area contributed by atoms with Gasteiger partial charge >= 0.3 is 6.09 Å². The fourth-order valence-electron chi connectivity index (χ4n) is 1.30. The van der Waals surface area contributed by atoms with Gasteiger partial charge in [0.05, 0.1) is 10.7 Å². The van der Waals surface area contributed by atoms with Crippen LogP contribution in [0.15, 0.2) is 36.5 Å². The monoisotopic (exact) mass is 265 g/mol. The van der Waals surface area contributed by atoms with Gasteiger partial charge in [-0.2, -0.15) is 9.78 Å². The van der Waals surface area contributed by atoms with Gasteiger partial charge in [0, 0.05) is 6.20 Å². The maximum absolute atomic E-state index is 11.8. The van der Waals surface area contributed by atoms with Crippen LogP contribution in [0.5, 0.6) is 0 Å². The Balaban J connectivity index is 2.17. The lowest BCUT2D eigenvalue weighted by Gasteiger charge is -2.04. The lowest BCUT2D eigenvalue weighted by Crippen LogP contribution is -2.15. The van der Waals surface area contributed by atoms with Gasteiger partial charge in [0.1, 0.15) is 0 Å². The number of hydrogen-bond acceptors (Lipinski definition) is 3. The highest BCUT2D eigenvalue weighted by molar-refractivity contribution is 6.33. The average Bonchev–Trinajstić information content (AvgIpc) is 2.81. The first-order valence-corrected chi connectivity index (χ1v) is 5.30. The quantitative estimate of drug-likeness (QED) is 0.873. The lowest BCUT2D eigenvalue weighted by atomic mass is 10.3. The van der Waals surface area contributed by atoms with Crippen LogP contribution in [0.1, 0.15) is 10.5 Å². The zero-order valence-corrected chi connectivity index (χ0v) is 9.76. The van der Waals surface area contributed by atoms with E-state index in [4.69, 9.17) is 16.7 Å². The Labute approximate surface area is 107 Å². The number of aromatic nitrogens is 2. The molecular weight excluding hydrogens is 258 g/mol. The van der Waals surface area contributed by atoms with E-state index in [2.05, 4.69) is 10.4 Å². The molecule has 2 rings (SSSR count). The summed E-state index contributed by atoms with van der Waals surface area (Å²) in [7, 11) is 0. The van der Waals surface area contributed by atoms with Crippen molar-refractivity contribution in [3.05, 3.63) is 47.2 Å². The van der Waals surface area contributed by atoms with Crippen molar-refractivity contribution >= 4 is 29.3 Å². The van der Waals surface area contributed by atoms with Crippen LogP contribution in [0.4, 0.5) is 10.5 Å².